The highest BCUT2D eigenvalue weighted by atomic mass is 35.5. The van der Waals surface area contributed by atoms with Gasteiger partial charge in [-0.05, 0) is 23.3 Å². The lowest BCUT2D eigenvalue weighted by molar-refractivity contribution is 1.04. The van der Waals surface area contributed by atoms with Crippen LogP contribution >= 0.6 is 11.6 Å². The predicted molar refractivity (Wildman–Crippen MR) is 130 cm³/mol. The average Bonchev–Trinajstić information content (AvgIpc) is 2.83. The quantitative estimate of drug-likeness (QED) is 0.307. The molecule has 0 amide bonds. The Bertz CT molecular complexity index is 1240. The van der Waals surface area contributed by atoms with Gasteiger partial charge >= 0.3 is 0 Å². The Labute approximate surface area is 187 Å². The van der Waals surface area contributed by atoms with Gasteiger partial charge in [-0.2, -0.15) is 0 Å². The molecule has 150 valence electrons. The molecule has 3 aromatic carbocycles. The lowest BCUT2D eigenvalue weighted by Crippen LogP contribution is -2.02. The van der Waals surface area contributed by atoms with Crippen molar-refractivity contribution < 1.29 is 0 Å². The normalized spacial score (nSPS) is 11.2. The van der Waals surface area contributed by atoms with Gasteiger partial charge in [0.1, 0.15) is 0 Å². The molecule has 0 unspecified atom stereocenters. The number of hydrogen-bond donors (Lipinski definition) is 0. The van der Waals surface area contributed by atoms with Crippen molar-refractivity contribution in [1.82, 2.24) is 15.0 Å². The lowest BCUT2D eigenvalue weighted by atomic mass is 10.0. The summed E-state index contributed by atoms with van der Waals surface area (Å²) in [4.78, 5) is 14.1. The first-order chi connectivity index (χ1) is 15.2. The number of halogens is 1. The van der Waals surface area contributed by atoms with Gasteiger partial charge in [0, 0.05) is 21.7 Å². The van der Waals surface area contributed by atoms with Crippen molar-refractivity contribution in [3.63, 3.8) is 0 Å². The SMILES string of the molecule is C=C/C=C(\C=C)c1nc(-c2ccccc2)nc(-c2ccc(-c3ccc(Cl)cc3)cc2)n1. The van der Waals surface area contributed by atoms with Crippen molar-refractivity contribution in [3.05, 3.63) is 121 Å². The van der Waals surface area contributed by atoms with E-state index in [1.54, 1.807) is 12.2 Å². The monoisotopic (exact) mass is 421 g/mol. The molecule has 0 radical (unpaired) electrons. The third kappa shape index (κ3) is 4.68. The first-order valence-corrected chi connectivity index (χ1v) is 10.2. The van der Waals surface area contributed by atoms with Crippen LogP contribution in [-0.4, -0.2) is 15.0 Å². The maximum Gasteiger partial charge on any atom is 0.164 e. The third-order valence-electron chi connectivity index (χ3n) is 4.76. The molecular weight excluding hydrogens is 402 g/mol. The standard InChI is InChI=1S/C27H20ClN3/c1-3-8-19(4-2)25-29-26(22-9-6-5-7-10-22)31-27(30-25)23-13-11-20(12-14-23)21-15-17-24(28)18-16-21/h3-18H,1-2H2/b19-8+. The molecule has 0 fully saturated rings. The molecule has 0 aliphatic carbocycles. The number of hydrogen-bond acceptors (Lipinski definition) is 3. The molecule has 4 rings (SSSR count). The maximum atomic E-state index is 6.00. The van der Waals surface area contributed by atoms with Gasteiger partial charge in [0.15, 0.2) is 17.5 Å². The van der Waals surface area contributed by atoms with Crippen LogP contribution in [0.1, 0.15) is 5.82 Å². The molecule has 0 aliphatic rings. The first kappa shape index (κ1) is 20.5. The van der Waals surface area contributed by atoms with Crippen LogP contribution < -0.4 is 0 Å². The highest BCUT2D eigenvalue weighted by Crippen LogP contribution is 2.26. The van der Waals surface area contributed by atoms with Gasteiger partial charge in [-0.1, -0.05) is 110 Å². The van der Waals surface area contributed by atoms with Crippen molar-refractivity contribution in [1.29, 1.82) is 0 Å². The van der Waals surface area contributed by atoms with E-state index in [1.807, 2.05) is 72.8 Å². The zero-order valence-corrected chi connectivity index (χ0v) is 17.6. The minimum Gasteiger partial charge on any atom is -0.208 e. The molecular formula is C27H20ClN3. The number of allylic oxidation sites excluding steroid dienone is 4. The lowest BCUT2D eigenvalue weighted by Gasteiger charge is -2.09. The van der Waals surface area contributed by atoms with Crippen LogP contribution in [0.15, 0.2) is 110 Å². The van der Waals surface area contributed by atoms with Crippen LogP contribution in [-0.2, 0) is 0 Å². The van der Waals surface area contributed by atoms with Gasteiger partial charge in [0.05, 0.1) is 0 Å². The minimum absolute atomic E-state index is 0.556. The zero-order valence-electron chi connectivity index (χ0n) is 16.9. The van der Waals surface area contributed by atoms with E-state index >= 15 is 0 Å². The Morgan fingerprint density at radius 1 is 0.645 bits per heavy atom. The minimum atomic E-state index is 0.556. The Morgan fingerprint density at radius 3 is 1.71 bits per heavy atom. The molecule has 0 atom stereocenters. The first-order valence-electron chi connectivity index (χ1n) is 9.81. The fraction of sp³-hybridized carbons (Fsp3) is 0. The van der Waals surface area contributed by atoms with Crippen LogP contribution in [0.3, 0.4) is 0 Å². The van der Waals surface area contributed by atoms with Gasteiger partial charge < -0.3 is 0 Å². The van der Waals surface area contributed by atoms with Gasteiger partial charge in [0.25, 0.3) is 0 Å². The van der Waals surface area contributed by atoms with Crippen LogP contribution in [0.25, 0.3) is 39.5 Å². The second kappa shape index (κ2) is 9.33. The summed E-state index contributed by atoms with van der Waals surface area (Å²) < 4.78 is 0. The second-order valence-corrected chi connectivity index (χ2v) is 7.25. The molecule has 0 bridgehead atoms. The molecule has 1 heterocycles. The van der Waals surface area contributed by atoms with Crippen molar-refractivity contribution in [2.24, 2.45) is 0 Å². The Morgan fingerprint density at radius 2 is 1.16 bits per heavy atom. The molecule has 1 aromatic heterocycles. The van der Waals surface area contributed by atoms with E-state index in [0.717, 1.165) is 32.8 Å². The highest BCUT2D eigenvalue weighted by Gasteiger charge is 2.12. The molecule has 0 saturated heterocycles. The number of aromatic nitrogens is 3. The molecule has 4 heteroatoms. The van der Waals surface area contributed by atoms with E-state index in [1.165, 1.54) is 0 Å². The van der Waals surface area contributed by atoms with Gasteiger partial charge in [-0.25, -0.2) is 15.0 Å². The molecule has 3 nitrogen and oxygen atoms in total. The van der Waals surface area contributed by atoms with Gasteiger partial charge in [0.2, 0.25) is 0 Å². The van der Waals surface area contributed by atoms with Gasteiger partial charge in [-0.3, -0.25) is 0 Å². The number of nitrogens with zero attached hydrogens (tertiary/aromatic N) is 3. The number of rotatable bonds is 6. The predicted octanol–water partition coefficient (Wildman–Crippen LogP) is 7.28. The fourth-order valence-corrected chi connectivity index (χ4v) is 3.29. The summed E-state index contributed by atoms with van der Waals surface area (Å²) in [6, 6.07) is 25.8. The third-order valence-corrected chi connectivity index (χ3v) is 5.02. The maximum absolute atomic E-state index is 6.00. The molecule has 0 aliphatic heterocycles. The van der Waals surface area contributed by atoms with E-state index in [2.05, 4.69) is 30.3 Å². The number of benzene rings is 3. The van der Waals surface area contributed by atoms with Crippen molar-refractivity contribution in [2.45, 2.75) is 0 Å². The molecule has 0 N–H and O–H groups in total. The summed E-state index contributed by atoms with van der Waals surface area (Å²) in [7, 11) is 0. The van der Waals surface area contributed by atoms with Crippen molar-refractivity contribution in [3.8, 4) is 33.9 Å². The fourth-order valence-electron chi connectivity index (χ4n) is 3.17. The van der Waals surface area contributed by atoms with E-state index < -0.39 is 0 Å². The summed E-state index contributed by atoms with van der Waals surface area (Å²) in [5.74, 6) is 1.77. The van der Waals surface area contributed by atoms with E-state index in [0.29, 0.717) is 17.5 Å². The topological polar surface area (TPSA) is 38.7 Å². The molecule has 31 heavy (non-hydrogen) atoms. The second-order valence-electron chi connectivity index (χ2n) is 6.82. The smallest absolute Gasteiger partial charge is 0.164 e. The highest BCUT2D eigenvalue weighted by molar-refractivity contribution is 6.30. The van der Waals surface area contributed by atoms with Crippen LogP contribution in [0, 0.1) is 0 Å². The van der Waals surface area contributed by atoms with E-state index in [-0.39, 0.29) is 0 Å². The Kier molecular flexibility index (Phi) is 6.16. The summed E-state index contributed by atoms with van der Waals surface area (Å²) >= 11 is 6.00. The van der Waals surface area contributed by atoms with E-state index in [9.17, 15) is 0 Å². The van der Waals surface area contributed by atoms with Gasteiger partial charge in [-0.15, -0.1) is 0 Å². The largest absolute Gasteiger partial charge is 0.208 e. The van der Waals surface area contributed by atoms with Crippen LogP contribution in [0.5, 0.6) is 0 Å². The zero-order chi connectivity index (χ0) is 21.6. The van der Waals surface area contributed by atoms with E-state index in [4.69, 9.17) is 21.6 Å². The summed E-state index contributed by atoms with van der Waals surface area (Å²) in [6.45, 7) is 7.66. The van der Waals surface area contributed by atoms with Crippen molar-refractivity contribution >= 4 is 17.2 Å². The molecule has 0 spiro atoms. The van der Waals surface area contributed by atoms with Crippen LogP contribution in [0.4, 0.5) is 0 Å². The average molecular weight is 422 g/mol. The Balaban J connectivity index is 1.79. The Hall–Kier alpha value is -3.82. The summed E-state index contributed by atoms with van der Waals surface area (Å²) in [5.41, 5.74) is 4.80. The summed E-state index contributed by atoms with van der Waals surface area (Å²) in [6.07, 6.45) is 5.26. The molecule has 0 saturated carbocycles. The summed E-state index contributed by atoms with van der Waals surface area (Å²) in [5, 5.41) is 0.720. The van der Waals surface area contributed by atoms with Crippen molar-refractivity contribution in [2.75, 3.05) is 0 Å². The molecule has 4 aromatic rings. The van der Waals surface area contributed by atoms with Crippen LogP contribution in [0.2, 0.25) is 5.02 Å².